The zero-order chi connectivity index (χ0) is 14.9. The standard InChI is InChI=1S/C13H12F3N3OS/c14-13(15,16)8-1-5-10(6-2-8)20-12-19-18-11(21-12)7-17-9-3-4-9/h1-2,5-6,9,17H,3-4,7H2. The smallest absolute Gasteiger partial charge is 0.416 e. The Morgan fingerprint density at radius 3 is 2.52 bits per heavy atom. The molecule has 0 unspecified atom stereocenters. The van der Waals surface area contributed by atoms with Crippen LogP contribution in [0.3, 0.4) is 0 Å². The molecular formula is C13H12F3N3OS. The van der Waals surface area contributed by atoms with E-state index in [0.29, 0.717) is 23.5 Å². The molecule has 1 saturated carbocycles. The molecule has 0 bridgehead atoms. The lowest BCUT2D eigenvalue weighted by atomic mass is 10.2. The maximum Gasteiger partial charge on any atom is 0.416 e. The highest BCUT2D eigenvalue weighted by Gasteiger charge is 2.30. The van der Waals surface area contributed by atoms with E-state index in [1.807, 2.05) is 0 Å². The first-order valence-corrected chi connectivity index (χ1v) is 7.23. The molecule has 8 heteroatoms. The van der Waals surface area contributed by atoms with Crippen molar-refractivity contribution in [2.24, 2.45) is 0 Å². The molecule has 1 aromatic carbocycles. The van der Waals surface area contributed by atoms with Gasteiger partial charge in [0.2, 0.25) is 0 Å². The van der Waals surface area contributed by atoms with Crippen LogP contribution in [0.2, 0.25) is 0 Å². The Kier molecular flexibility index (Phi) is 3.81. The number of nitrogens with zero attached hydrogens (tertiary/aromatic N) is 2. The van der Waals surface area contributed by atoms with Crippen molar-refractivity contribution in [1.82, 2.24) is 15.5 Å². The minimum absolute atomic E-state index is 0.306. The Bertz CT molecular complexity index is 608. The van der Waals surface area contributed by atoms with Crippen molar-refractivity contribution in [2.45, 2.75) is 31.6 Å². The fraction of sp³-hybridized carbons (Fsp3) is 0.385. The molecule has 0 radical (unpaired) electrons. The van der Waals surface area contributed by atoms with Gasteiger partial charge in [0.05, 0.1) is 12.1 Å². The topological polar surface area (TPSA) is 47.0 Å². The van der Waals surface area contributed by atoms with Crippen LogP contribution in [0.1, 0.15) is 23.4 Å². The molecule has 0 spiro atoms. The zero-order valence-electron chi connectivity index (χ0n) is 10.9. The normalized spacial score (nSPS) is 15.2. The lowest BCUT2D eigenvalue weighted by molar-refractivity contribution is -0.137. The molecule has 1 N–H and O–H groups in total. The minimum Gasteiger partial charge on any atom is -0.430 e. The van der Waals surface area contributed by atoms with Gasteiger partial charge in [0, 0.05) is 6.04 Å². The SMILES string of the molecule is FC(F)(F)c1ccc(Oc2nnc(CNC3CC3)s2)cc1. The van der Waals surface area contributed by atoms with Gasteiger partial charge in [-0.15, -0.1) is 5.10 Å². The summed E-state index contributed by atoms with van der Waals surface area (Å²) < 4.78 is 42.7. The predicted molar refractivity (Wildman–Crippen MR) is 71.3 cm³/mol. The van der Waals surface area contributed by atoms with Gasteiger partial charge < -0.3 is 10.1 Å². The van der Waals surface area contributed by atoms with Crippen molar-refractivity contribution in [3.63, 3.8) is 0 Å². The number of nitrogens with one attached hydrogen (secondary N) is 1. The molecule has 0 saturated heterocycles. The van der Waals surface area contributed by atoms with Crippen LogP contribution in [-0.4, -0.2) is 16.2 Å². The van der Waals surface area contributed by atoms with Gasteiger partial charge in [-0.3, -0.25) is 0 Å². The first-order valence-electron chi connectivity index (χ1n) is 6.41. The molecule has 1 aliphatic carbocycles. The maximum absolute atomic E-state index is 12.4. The summed E-state index contributed by atoms with van der Waals surface area (Å²) in [5, 5.41) is 12.3. The van der Waals surface area contributed by atoms with E-state index in [2.05, 4.69) is 15.5 Å². The number of rotatable bonds is 5. The van der Waals surface area contributed by atoms with Crippen LogP contribution in [0.15, 0.2) is 24.3 Å². The Labute approximate surface area is 123 Å². The van der Waals surface area contributed by atoms with Gasteiger partial charge in [0.25, 0.3) is 5.19 Å². The van der Waals surface area contributed by atoms with E-state index in [9.17, 15) is 13.2 Å². The van der Waals surface area contributed by atoms with E-state index in [1.165, 1.54) is 36.3 Å². The summed E-state index contributed by atoms with van der Waals surface area (Å²) >= 11 is 1.28. The summed E-state index contributed by atoms with van der Waals surface area (Å²) in [7, 11) is 0. The number of benzene rings is 1. The van der Waals surface area contributed by atoms with Gasteiger partial charge in [0.15, 0.2) is 0 Å². The minimum atomic E-state index is -4.34. The molecular weight excluding hydrogens is 303 g/mol. The van der Waals surface area contributed by atoms with Crippen molar-refractivity contribution in [3.05, 3.63) is 34.8 Å². The average Bonchev–Trinajstić information content (AvgIpc) is 3.16. The molecule has 3 rings (SSSR count). The molecule has 112 valence electrons. The number of halogens is 3. The Morgan fingerprint density at radius 2 is 1.90 bits per heavy atom. The summed E-state index contributed by atoms with van der Waals surface area (Å²) in [4.78, 5) is 0. The number of hydrogen-bond acceptors (Lipinski definition) is 5. The third-order valence-electron chi connectivity index (χ3n) is 2.95. The van der Waals surface area contributed by atoms with Crippen LogP contribution in [0.4, 0.5) is 13.2 Å². The second-order valence-electron chi connectivity index (χ2n) is 4.74. The Balaban J connectivity index is 1.60. The fourth-order valence-electron chi connectivity index (χ4n) is 1.68. The first-order chi connectivity index (χ1) is 10.0. The van der Waals surface area contributed by atoms with Gasteiger partial charge in [0.1, 0.15) is 10.8 Å². The lowest BCUT2D eigenvalue weighted by Gasteiger charge is -2.07. The van der Waals surface area contributed by atoms with Gasteiger partial charge in [-0.05, 0) is 37.1 Å². The van der Waals surface area contributed by atoms with Crippen molar-refractivity contribution in [2.75, 3.05) is 0 Å². The third kappa shape index (κ3) is 3.92. The van der Waals surface area contributed by atoms with Gasteiger partial charge >= 0.3 is 6.18 Å². The van der Waals surface area contributed by atoms with Crippen molar-refractivity contribution < 1.29 is 17.9 Å². The highest BCUT2D eigenvalue weighted by molar-refractivity contribution is 7.13. The van der Waals surface area contributed by atoms with Crippen molar-refractivity contribution in [3.8, 4) is 10.9 Å². The highest BCUT2D eigenvalue weighted by Crippen LogP contribution is 2.32. The molecule has 1 heterocycles. The summed E-state index contributed by atoms with van der Waals surface area (Å²) in [6.07, 6.45) is -1.97. The highest BCUT2D eigenvalue weighted by atomic mass is 32.1. The quantitative estimate of drug-likeness (QED) is 0.916. The number of aromatic nitrogens is 2. The molecule has 21 heavy (non-hydrogen) atoms. The molecule has 1 aliphatic rings. The van der Waals surface area contributed by atoms with Gasteiger partial charge in [-0.25, -0.2) is 0 Å². The zero-order valence-corrected chi connectivity index (χ0v) is 11.7. The molecule has 0 atom stereocenters. The Morgan fingerprint density at radius 1 is 1.19 bits per heavy atom. The largest absolute Gasteiger partial charge is 0.430 e. The predicted octanol–water partition coefficient (Wildman–Crippen LogP) is 3.60. The van der Waals surface area contributed by atoms with E-state index < -0.39 is 11.7 Å². The maximum atomic E-state index is 12.4. The summed E-state index contributed by atoms with van der Waals surface area (Å²) in [5.74, 6) is 0.306. The molecule has 0 amide bonds. The second-order valence-corrected chi connectivity index (χ2v) is 5.77. The van der Waals surface area contributed by atoms with Crippen LogP contribution in [-0.2, 0) is 12.7 Å². The van der Waals surface area contributed by atoms with Crippen LogP contribution in [0.25, 0.3) is 0 Å². The number of ether oxygens (including phenoxy) is 1. The summed E-state index contributed by atoms with van der Waals surface area (Å²) in [5.41, 5.74) is -0.707. The molecule has 4 nitrogen and oxygen atoms in total. The molecule has 1 aromatic heterocycles. The second kappa shape index (κ2) is 5.61. The third-order valence-corrected chi connectivity index (χ3v) is 3.76. The summed E-state index contributed by atoms with van der Waals surface area (Å²) in [6, 6.07) is 5.07. The van der Waals surface area contributed by atoms with Crippen LogP contribution >= 0.6 is 11.3 Å². The van der Waals surface area contributed by atoms with Crippen LogP contribution in [0, 0.1) is 0 Å². The fourth-order valence-corrected chi connectivity index (χ4v) is 2.34. The number of hydrogen-bond donors (Lipinski definition) is 1. The monoisotopic (exact) mass is 315 g/mol. The number of alkyl halides is 3. The van der Waals surface area contributed by atoms with Crippen molar-refractivity contribution in [1.29, 1.82) is 0 Å². The Hall–Kier alpha value is -1.67. The van der Waals surface area contributed by atoms with Crippen molar-refractivity contribution >= 4 is 11.3 Å². The molecule has 2 aromatic rings. The van der Waals surface area contributed by atoms with Gasteiger partial charge in [-0.1, -0.05) is 16.4 Å². The first kappa shape index (κ1) is 14.3. The van der Waals surface area contributed by atoms with E-state index in [1.54, 1.807) is 0 Å². The van der Waals surface area contributed by atoms with E-state index in [4.69, 9.17) is 4.74 Å². The van der Waals surface area contributed by atoms with Crippen LogP contribution < -0.4 is 10.1 Å². The van der Waals surface area contributed by atoms with E-state index >= 15 is 0 Å². The molecule has 1 fully saturated rings. The lowest BCUT2D eigenvalue weighted by Crippen LogP contribution is -2.14. The average molecular weight is 315 g/mol. The molecule has 0 aliphatic heterocycles. The van der Waals surface area contributed by atoms with E-state index in [0.717, 1.165) is 17.1 Å². The van der Waals surface area contributed by atoms with E-state index in [-0.39, 0.29) is 0 Å². The van der Waals surface area contributed by atoms with Gasteiger partial charge in [-0.2, -0.15) is 13.2 Å². The summed E-state index contributed by atoms with van der Waals surface area (Å²) in [6.45, 7) is 0.638. The van der Waals surface area contributed by atoms with Crippen LogP contribution in [0.5, 0.6) is 10.9 Å².